The fraction of sp³-hybridized carbons (Fsp3) is 0.710. The van der Waals surface area contributed by atoms with Gasteiger partial charge in [0, 0.05) is 51.9 Å². The van der Waals surface area contributed by atoms with E-state index in [-0.39, 0.29) is 5.91 Å². The summed E-state index contributed by atoms with van der Waals surface area (Å²) in [6.45, 7) is 10.00. The lowest BCUT2D eigenvalue weighted by Gasteiger charge is -2.39. The van der Waals surface area contributed by atoms with E-state index in [9.17, 15) is 9.59 Å². The molecule has 4 rings (SSSR count). The van der Waals surface area contributed by atoms with E-state index in [1.54, 1.807) is 7.11 Å². The summed E-state index contributed by atoms with van der Waals surface area (Å²) in [6, 6.07) is 9.36. The fourth-order valence-corrected chi connectivity index (χ4v) is 5.99. The number of carbonyl (C=O) groups excluding carboxylic acids is 3. The van der Waals surface area contributed by atoms with Crippen molar-refractivity contribution < 1.29 is 19.1 Å². The van der Waals surface area contributed by atoms with Crippen LogP contribution in [-0.4, -0.2) is 95.4 Å². The van der Waals surface area contributed by atoms with Crippen LogP contribution >= 0.6 is 0 Å². The Balaban J connectivity index is 0.000000261. The number of primary amides is 1. The van der Waals surface area contributed by atoms with Crippen molar-refractivity contribution in [1.82, 2.24) is 9.80 Å². The van der Waals surface area contributed by atoms with Gasteiger partial charge >= 0.3 is 0 Å². The van der Waals surface area contributed by atoms with Gasteiger partial charge in [0.05, 0.1) is 12.0 Å². The van der Waals surface area contributed by atoms with Gasteiger partial charge in [0.1, 0.15) is 13.1 Å². The molecule has 2 saturated heterocycles. The SMILES string of the molecule is C=O.CN1CCN(c2ccc(CCC3CCCC3)cc2)CC1.COCCN1CCC(CCC=O)(C(N)=O)CC1. The van der Waals surface area contributed by atoms with Gasteiger partial charge in [0.2, 0.25) is 5.91 Å². The number of amides is 1. The Hall–Kier alpha value is -2.29. The molecule has 3 aliphatic rings. The predicted octanol–water partition coefficient (Wildman–Crippen LogP) is 3.56. The van der Waals surface area contributed by atoms with E-state index < -0.39 is 5.41 Å². The Bertz CT molecular complexity index is 812. The van der Waals surface area contributed by atoms with Gasteiger partial charge in [-0.25, -0.2) is 0 Å². The van der Waals surface area contributed by atoms with Gasteiger partial charge in [-0.05, 0) is 75.9 Å². The second-order valence-electron chi connectivity index (χ2n) is 11.3. The number of ether oxygens (including phenoxy) is 1. The summed E-state index contributed by atoms with van der Waals surface area (Å²) in [6.07, 6.45) is 11.9. The number of aryl methyl sites for hydroxylation is 1. The number of hydrogen-bond acceptors (Lipinski definition) is 7. The van der Waals surface area contributed by atoms with Crippen LogP contribution in [0.4, 0.5) is 5.69 Å². The van der Waals surface area contributed by atoms with Crippen LogP contribution in [0.15, 0.2) is 24.3 Å². The second kappa shape index (κ2) is 18.1. The number of methoxy groups -OCH3 is 1. The first-order valence-corrected chi connectivity index (χ1v) is 14.7. The van der Waals surface area contributed by atoms with Crippen molar-refractivity contribution in [2.24, 2.45) is 17.1 Å². The number of likely N-dealkylation sites (N-methyl/N-ethyl adjacent to an activating group) is 1. The highest BCUT2D eigenvalue weighted by Gasteiger charge is 2.39. The summed E-state index contributed by atoms with van der Waals surface area (Å²) in [5.74, 6) is 0.748. The number of carbonyl (C=O) groups is 3. The number of piperazine rings is 1. The maximum Gasteiger partial charge on any atom is 0.223 e. The molecule has 2 aliphatic heterocycles. The number of nitrogens with two attached hydrogens (primary N) is 1. The number of hydrogen-bond donors (Lipinski definition) is 1. The highest BCUT2D eigenvalue weighted by Crippen LogP contribution is 2.35. The molecule has 0 bridgehead atoms. The fourth-order valence-electron chi connectivity index (χ4n) is 5.99. The van der Waals surface area contributed by atoms with Crippen molar-refractivity contribution in [3.63, 3.8) is 0 Å². The van der Waals surface area contributed by atoms with Crippen LogP contribution in [0.2, 0.25) is 0 Å². The topological polar surface area (TPSA) is 96.2 Å². The lowest BCUT2D eigenvalue weighted by atomic mass is 9.74. The first kappa shape index (κ1) is 32.9. The molecule has 0 atom stereocenters. The van der Waals surface area contributed by atoms with Crippen molar-refractivity contribution in [1.29, 1.82) is 0 Å². The molecule has 1 aliphatic carbocycles. The number of piperidine rings is 1. The third-order valence-corrected chi connectivity index (χ3v) is 8.81. The van der Waals surface area contributed by atoms with E-state index in [0.29, 0.717) is 19.4 Å². The molecule has 1 aromatic carbocycles. The third-order valence-electron chi connectivity index (χ3n) is 8.81. The molecule has 2 N–H and O–H groups in total. The number of rotatable bonds is 11. The molecular weight excluding hydrogens is 492 g/mol. The first-order valence-electron chi connectivity index (χ1n) is 14.7. The molecule has 1 amide bonds. The monoisotopic (exact) mass is 544 g/mol. The molecule has 220 valence electrons. The van der Waals surface area contributed by atoms with E-state index in [2.05, 4.69) is 46.0 Å². The molecule has 0 radical (unpaired) electrons. The molecule has 8 heteroatoms. The quantitative estimate of drug-likeness (QED) is 0.426. The van der Waals surface area contributed by atoms with Crippen molar-refractivity contribution in [2.75, 3.05) is 71.5 Å². The number of benzene rings is 1. The summed E-state index contributed by atoms with van der Waals surface area (Å²) in [4.78, 5) is 37.2. The van der Waals surface area contributed by atoms with E-state index in [1.807, 2.05) is 6.79 Å². The molecule has 1 saturated carbocycles. The molecule has 0 spiro atoms. The Morgan fingerprint density at radius 3 is 2.21 bits per heavy atom. The molecule has 0 aromatic heterocycles. The molecule has 1 aromatic rings. The highest BCUT2D eigenvalue weighted by atomic mass is 16.5. The van der Waals surface area contributed by atoms with Gasteiger partial charge in [0.25, 0.3) is 0 Å². The largest absolute Gasteiger partial charge is 0.383 e. The van der Waals surface area contributed by atoms with Crippen molar-refractivity contribution in [3.05, 3.63) is 29.8 Å². The molecule has 2 heterocycles. The van der Waals surface area contributed by atoms with Crippen LogP contribution in [0.5, 0.6) is 0 Å². The number of nitrogens with zero attached hydrogens (tertiary/aromatic N) is 3. The average Bonchev–Trinajstić information content (AvgIpc) is 3.50. The standard InChI is InChI=1S/C18H28N2.C12H22N2O3.CH2O/c1-19-12-14-20(15-13-19)18-10-8-17(9-11-18)7-6-16-4-2-3-5-16;1-17-10-8-14-6-4-12(5-7-14,11(13)16)3-2-9-15;1-2/h8-11,16H,2-7,12-15H2,1H3;9H,2-8,10H2,1H3,(H2,13,16);1H2. The van der Waals surface area contributed by atoms with Gasteiger partial charge in [-0.1, -0.05) is 37.8 Å². The Labute approximate surface area is 236 Å². The number of aldehydes is 1. The number of anilines is 1. The van der Waals surface area contributed by atoms with Crippen molar-refractivity contribution in [3.8, 4) is 0 Å². The lowest BCUT2D eigenvalue weighted by molar-refractivity contribution is -0.131. The summed E-state index contributed by atoms with van der Waals surface area (Å²) in [5.41, 5.74) is 7.95. The zero-order chi connectivity index (χ0) is 28.5. The number of likely N-dealkylation sites (tertiary alicyclic amines) is 1. The van der Waals surface area contributed by atoms with Gasteiger partial charge < -0.3 is 34.8 Å². The Kier molecular flexibility index (Phi) is 15.3. The zero-order valence-electron chi connectivity index (χ0n) is 24.5. The van der Waals surface area contributed by atoms with Crippen LogP contribution in [0.1, 0.15) is 63.4 Å². The molecule has 0 unspecified atom stereocenters. The highest BCUT2D eigenvalue weighted by molar-refractivity contribution is 5.81. The van der Waals surface area contributed by atoms with Gasteiger partial charge in [-0.15, -0.1) is 0 Å². The maximum atomic E-state index is 11.6. The van der Waals surface area contributed by atoms with Gasteiger partial charge in [-0.2, -0.15) is 0 Å². The molecule has 3 fully saturated rings. The van der Waals surface area contributed by atoms with E-state index in [4.69, 9.17) is 15.3 Å². The van der Waals surface area contributed by atoms with Gasteiger partial charge in [-0.3, -0.25) is 4.79 Å². The summed E-state index contributed by atoms with van der Waals surface area (Å²) < 4.78 is 5.03. The normalized spacial score (nSPS) is 19.9. The van der Waals surface area contributed by atoms with E-state index in [1.165, 1.54) is 62.9 Å². The second-order valence-corrected chi connectivity index (χ2v) is 11.3. The third kappa shape index (κ3) is 11.0. The minimum atomic E-state index is -0.468. The zero-order valence-corrected chi connectivity index (χ0v) is 24.5. The minimum absolute atomic E-state index is 0.259. The molecular formula is C31H52N4O4. The Morgan fingerprint density at radius 2 is 1.67 bits per heavy atom. The van der Waals surface area contributed by atoms with Crippen molar-refractivity contribution in [2.45, 2.75) is 64.2 Å². The van der Waals surface area contributed by atoms with E-state index >= 15 is 0 Å². The van der Waals surface area contributed by atoms with Crippen LogP contribution in [0, 0.1) is 11.3 Å². The van der Waals surface area contributed by atoms with Crippen LogP contribution in [-0.2, 0) is 25.5 Å². The molecule has 8 nitrogen and oxygen atoms in total. The average molecular weight is 545 g/mol. The lowest BCUT2D eigenvalue weighted by Crippen LogP contribution is -2.47. The summed E-state index contributed by atoms with van der Waals surface area (Å²) in [5, 5.41) is 0. The predicted molar refractivity (Wildman–Crippen MR) is 158 cm³/mol. The first-order chi connectivity index (χ1) is 19.0. The van der Waals surface area contributed by atoms with Crippen LogP contribution < -0.4 is 10.6 Å². The van der Waals surface area contributed by atoms with Gasteiger partial charge in [0.15, 0.2) is 0 Å². The van der Waals surface area contributed by atoms with Crippen LogP contribution in [0.3, 0.4) is 0 Å². The maximum absolute atomic E-state index is 11.6. The Morgan fingerprint density at radius 1 is 1.05 bits per heavy atom. The van der Waals surface area contributed by atoms with Crippen molar-refractivity contribution >= 4 is 24.7 Å². The minimum Gasteiger partial charge on any atom is -0.383 e. The summed E-state index contributed by atoms with van der Waals surface area (Å²) in [7, 11) is 3.89. The van der Waals surface area contributed by atoms with Crippen LogP contribution in [0.25, 0.3) is 0 Å². The summed E-state index contributed by atoms with van der Waals surface area (Å²) >= 11 is 0. The van der Waals surface area contributed by atoms with E-state index in [0.717, 1.165) is 57.8 Å². The smallest absolute Gasteiger partial charge is 0.223 e. The molecule has 39 heavy (non-hydrogen) atoms.